The van der Waals surface area contributed by atoms with Crippen LogP contribution < -0.4 is 5.73 Å². The molecule has 0 aliphatic carbocycles. The van der Waals surface area contributed by atoms with Crippen LogP contribution in [0.1, 0.15) is 24.0 Å². The molecule has 0 aromatic carbocycles. The molecule has 1 heterocycles. The van der Waals surface area contributed by atoms with Gasteiger partial charge in [0.1, 0.15) is 11.5 Å². The Labute approximate surface area is 67.4 Å². The molecule has 0 aliphatic rings. The topological polar surface area (TPSA) is 39.2 Å². The van der Waals surface area contributed by atoms with Gasteiger partial charge in [-0.1, -0.05) is 0 Å². The fourth-order valence-corrected chi connectivity index (χ4v) is 1.23. The molecule has 1 rings (SSSR count). The van der Waals surface area contributed by atoms with Crippen LogP contribution >= 0.6 is 0 Å². The van der Waals surface area contributed by atoms with Crippen molar-refractivity contribution in [2.24, 2.45) is 5.73 Å². The van der Waals surface area contributed by atoms with Crippen LogP contribution in [0.3, 0.4) is 0 Å². The van der Waals surface area contributed by atoms with Gasteiger partial charge in [-0.25, -0.2) is 0 Å². The zero-order valence-corrected chi connectivity index (χ0v) is 7.35. The first-order chi connectivity index (χ1) is 5.09. The summed E-state index contributed by atoms with van der Waals surface area (Å²) in [5, 5.41) is 0. The second-order valence-corrected chi connectivity index (χ2v) is 3.12. The highest BCUT2D eigenvalue weighted by Crippen LogP contribution is 2.14. The minimum absolute atomic E-state index is 0.214. The molecule has 0 saturated carbocycles. The first-order valence-corrected chi connectivity index (χ1v) is 3.91. The number of hydrogen-bond donors (Lipinski definition) is 1. The lowest BCUT2D eigenvalue weighted by Crippen LogP contribution is -2.17. The molecule has 11 heavy (non-hydrogen) atoms. The van der Waals surface area contributed by atoms with Crippen molar-refractivity contribution >= 4 is 0 Å². The number of aryl methyl sites for hydroxylation is 2. The molecule has 0 aliphatic heterocycles. The summed E-state index contributed by atoms with van der Waals surface area (Å²) in [4.78, 5) is 0. The minimum Gasteiger partial charge on any atom is -0.466 e. The van der Waals surface area contributed by atoms with Gasteiger partial charge in [0.2, 0.25) is 0 Å². The van der Waals surface area contributed by atoms with Gasteiger partial charge in [-0.15, -0.1) is 0 Å². The van der Waals surface area contributed by atoms with Crippen LogP contribution in [0.5, 0.6) is 0 Å². The quantitative estimate of drug-likeness (QED) is 0.703. The summed E-state index contributed by atoms with van der Waals surface area (Å²) >= 11 is 0. The highest BCUT2D eigenvalue weighted by Gasteiger charge is 2.05. The van der Waals surface area contributed by atoms with E-state index in [1.807, 2.05) is 20.8 Å². The average Bonchev–Trinajstić information content (AvgIpc) is 2.09. The second kappa shape index (κ2) is 3.09. The summed E-state index contributed by atoms with van der Waals surface area (Å²) in [5.74, 6) is 1.97. The molecule has 0 bridgehead atoms. The molecule has 1 atom stereocenters. The largest absolute Gasteiger partial charge is 0.466 e. The molecule has 62 valence electrons. The van der Waals surface area contributed by atoms with Crippen molar-refractivity contribution < 1.29 is 4.42 Å². The maximum Gasteiger partial charge on any atom is 0.104 e. The van der Waals surface area contributed by atoms with Crippen LogP contribution in [0, 0.1) is 13.8 Å². The second-order valence-electron chi connectivity index (χ2n) is 3.12. The Kier molecular flexibility index (Phi) is 2.35. The third kappa shape index (κ3) is 2.09. The molecule has 0 unspecified atom stereocenters. The van der Waals surface area contributed by atoms with Gasteiger partial charge < -0.3 is 10.2 Å². The Hall–Kier alpha value is -0.760. The van der Waals surface area contributed by atoms with Crippen molar-refractivity contribution in [1.82, 2.24) is 0 Å². The summed E-state index contributed by atoms with van der Waals surface area (Å²) in [6.07, 6.45) is 0.906. The van der Waals surface area contributed by atoms with E-state index in [1.54, 1.807) is 0 Å². The standard InChI is InChI=1S/C9H15NO/c1-6(10)4-9-5-7(2)11-8(9)3/h5-6H,4,10H2,1-3H3/t6-/m0/s1. The van der Waals surface area contributed by atoms with E-state index < -0.39 is 0 Å². The van der Waals surface area contributed by atoms with Gasteiger partial charge in [0, 0.05) is 6.04 Å². The Balaban J connectivity index is 2.77. The van der Waals surface area contributed by atoms with E-state index in [0.29, 0.717) is 0 Å². The number of nitrogens with two attached hydrogens (primary N) is 1. The molecular weight excluding hydrogens is 138 g/mol. The Morgan fingerprint density at radius 2 is 2.18 bits per heavy atom. The summed E-state index contributed by atoms with van der Waals surface area (Å²) in [6.45, 7) is 5.93. The van der Waals surface area contributed by atoms with Gasteiger partial charge in [-0.05, 0) is 38.8 Å². The van der Waals surface area contributed by atoms with Crippen LogP contribution in [0.15, 0.2) is 10.5 Å². The van der Waals surface area contributed by atoms with Crippen LogP contribution in [0.4, 0.5) is 0 Å². The van der Waals surface area contributed by atoms with E-state index >= 15 is 0 Å². The molecule has 0 radical (unpaired) electrons. The molecule has 0 fully saturated rings. The van der Waals surface area contributed by atoms with E-state index in [-0.39, 0.29) is 6.04 Å². The van der Waals surface area contributed by atoms with Crippen molar-refractivity contribution in [1.29, 1.82) is 0 Å². The molecule has 1 aromatic heterocycles. The van der Waals surface area contributed by atoms with Crippen molar-refractivity contribution in [3.05, 3.63) is 23.2 Å². The summed E-state index contributed by atoms with van der Waals surface area (Å²) in [7, 11) is 0. The van der Waals surface area contributed by atoms with Gasteiger partial charge in [0.25, 0.3) is 0 Å². The zero-order valence-electron chi connectivity index (χ0n) is 7.35. The third-order valence-corrected chi connectivity index (χ3v) is 1.69. The van der Waals surface area contributed by atoms with Crippen molar-refractivity contribution in [2.75, 3.05) is 0 Å². The van der Waals surface area contributed by atoms with E-state index in [2.05, 4.69) is 6.07 Å². The Morgan fingerprint density at radius 1 is 1.55 bits per heavy atom. The maximum absolute atomic E-state index is 5.66. The van der Waals surface area contributed by atoms with Gasteiger partial charge in [0.05, 0.1) is 0 Å². The maximum atomic E-state index is 5.66. The molecule has 1 aromatic rings. The predicted octanol–water partition coefficient (Wildman–Crippen LogP) is 1.79. The molecule has 2 N–H and O–H groups in total. The van der Waals surface area contributed by atoms with Crippen LogP contribution in [-0.2, 0) is 6.42 Å². The van der Waals surface area contributed by atoms with Crippen molar-refractivity contribution in [3.63, 3.8) is 0 Å². The normalized spacial score (nSPS) is 13.5. The van der Waals surface area contributed by atoms with Crippen LogP contribution in [0.2, 0.25) is 0 Å². The molecular formula is C9H15NO. The number of rotatable bonds is 2. The van der Waals surface area contributed by atoms with Crippen molar-refractivity contribution in [2.45, 2.75) is 33.2 Å². The molecule has 0 amide bonds. The number of hydrogen-bond acceptors (Lipinski definition) is 2. The minimum atomic E-state index is 0.214. The summed E-state index contributed by atoms with van der Waals surface area (Å²) < 4.78 is 5.36. The van der Waals surface area contributed by atoms with E-state index in [0.717, 1.165) is 17.9 Å². The molecule has 2 heteroatoms. The van der Waals surface area contributed by atoms with Gasteiger partial charge in [-0.3, -0.25) is 0 Å². The first kappa shape index (κ1) is 8.34. The molecule has 0 spiro atoms. The predicted molar refractivity (Wildman–Crippen MR) is 45.5 cm³/mol. The fraction of sp³-hybridized carbons (Fsp3) is 0.556. The summed E-state index contributed by atoms with van der Waals surface area (Å²) in [6, 6.07) is 2.27. The Morgan fingerprint density at radius 3 is 2.55 bits per heavy atom. The smallest absolute Gasteiger partial charge is 0.104 e. The van der Waals surface area contributed by atoms with E-state index in [9.17, 15) is 0 Å². The lowest BCUT2D eigenvalue weighted by molar-refractivity contribution is 0.499. The zero-order chi connectivity index (χ0) is 8.43. The SMILES string of the molecule is Cc1cc(C[C@H](C)N)c(C)o1. The molecule has 0 saturated heterocycles. The van der Waals surface area contributed by atoms with Crippen LogP contribution in [0.25, 0.3) is 0 Å². The monoisotopic (exact) mass is 153 g/mol. The van der Waals surface area contributed by atoms with E-state index in [1.165, 1.54) is 5.56 Å². The van der Waals surface area contributed by atoms with Gasteiger partial charge in [-0.2, -0.15) is 0 Å². The van der Waals surface area contributed by atoms with Crippen molar-refractivity contribution in [3.8, 4) is 0 Å². The first-order valence-electron chi connectivity index (χ1n) is 3.91. The lowest BCUT2D eigenvalue weighted by Gasteiger charge is -2.01. The van der Waals surface area contributed by atoms with Crippen LogP contribution in [-0.4, -0.2) is 6.04 Å². The summed E-state index contributed by atoms with van der Waals surface area (Å²) in [5.41, 5.74) is 6.89. The lowest BCUT2D eigenvalue weighted by atomic mass is 10.1. The number of furan rings is 1. The fourth-order valence-electron chi connectivity index (χ4n) is 1.23. The van der Waals surface area contributed by atoms with E-state index in [4.69, 9.17) is 10.2 Å². The molecule has 2 nitrogen and oxygen atoms in total. The highest BCUT2D eigenvalue weighted by atomic mass is 16.3. The average molecular weight is 153 g/mol. The van der Waals surface area contributed by atoms with Gasteiger partial charge >= 0.3 is 0 Å². The highest BCUT2D eigenvalue weighted by molar-refractivity contribution is 5.20. The third-order valence-electron chi connectivity index (χ3n) is 1.69. The Bertz CT molecular complexity index is 238. The van der Waals surface area contributed by atoms with Gasteiger partial charge in [0.15, 0.2) is 0 Å².